The third-order valence-electron chi connectivity index (χ3n) is 3.14. The smallest absolute Gasteiger partial charge is 0.142 e. The van der Waals surface area contributed by atoms with Gasteiger partial charge in [-0.15, -0.1) is 0 Å². The zero-order valence-electron chi connectivity index (χ0n) is 9.30. The highest BCUT2D eigenvalue weighted by atomic mass is 35.5. The molecule has 0 spiro atoms. The maximum Gasteiger partial charge on any atom is 0.142 e. The number of aromatic amines is 1. The SMILES string of the molecule is NC1(c2ncc(-c3cc(F)c(Cl)cc3Cl)[nH]2)CC1. The summed E-state index contributed by atoms with van der Waals surface area (Å²) in [6.45, 7) is 0. The third-order valence-corrected chi connectivity index (χ3v) is 3.74. The monoisotopic (exact) mass is 285 g/mol. The summed E-state index contributed by atoms with van der Waals surface area (Å²) in [6, 6.07) is 2.67. The lowest BCUT2D eigenvalue weighted by atomic mass is 10.1. The molecule has 0 bridgehead atoms. The minimum atomic E-state index is -0.513. The van der Waals surface area contributed by atoms with Crippen molar-refractivity contribution in [1.82, 2.24) is 9.97 Å². The molecule has 1 aromatic carbocycles. The zero-order chi connectivity index (χ0) is 12.9. The Morgan fingerprint density at radius 2 is 2.00 bits per heavy atom. The van der Waals surface area contributed by atoms with Crippen LogP contribution in [0.3, 0.4) is 0 Å². The van der Waals surface area contributed by atoms with Gasteiger partial charge < -0.3 is 10.7 Å². The summed E-state index contributed by atoms with van der Waals surface area (Å²) < 4.78 is 13.4. The molecule has 1 aliphatic carbocycles. The number of hydrogen-bond acceptors (Lipinski definition) is 2. The van der Waals surface area contributed by atoms with E-state index in [4.69, 9.17) is 28.9 Å². The van der Waals surface area contributed by atoms with E-state index in [0.29, 0.717) is 22.1 Å². The topological polar surface area (TPSA) is 54.7 Å². The summed E-state index contributed by atoms with van der Waals surface area (Å²) in [5, 5.41) is 0.374. The minimum Gasteiger partial charge on any atom is -0.340 e. The summed E-state index contributed by atoms with van der Waals surface area (Å²) in [4.78, 5) is 7.31. The first-order valence-corrected chi connectivity index (χ1v) is 6.24. The number of halogens is 3. The molecule has 0 amide bonds. The van der Waals surface area contributed by atoms with E-state index in [1.165, 1.54) is 12.1 Å². The van der Waals surface area contributed by atoms with Gasteiger partial charge in [0.1, 0.15) is 11.6 Å². The summed E-state index contributed by atoms with van der Waals surface area (Å²) in [7, 11) is 0. The van der Waals surface area contributed by atoms with Crippen LogP contribution in [0.1, 0.15) is 18.7 Å². The second-order valence-electron chi connectivity index (χ2n) is 4.55. The molecule has 0 atom stereocenters. The minimum absolute atomic E-state index is 0.000904. The van der Waals surface area contributed by atoms with Crippen LogP contribution in [0.15, 0.2) is 18.3 Å². The highest BCUT2D eigenvalue weighted by Gasteiger charge is 2.42. The number of nitrogens with zero attached hydrogens (tertiary/aromatic N) is 1. The van der Waals surface area contributed by atoms with Crippen molar-refractivity contribution in [3.63, 3.8) is 0 Å². The Labute approximate surface area is 113 Å². The number of nitrogens with two attached hydrogens (primary N) is 1. The molecule has 0 radical (unpaired) electrons. The Hall–Kier alpha value is -1.10. The number of nitrogens with one attached hydrogen (secondary N) is 1. The van der Waals surface area contributed by atoms with E-state index in [2.05, 4.69) is 9.97 Å². The average molecular weight is 286 g/mol. The van der Waals surface area contributed by atoms with E-state index in [-0.39, 0.29) is 10.6 Å². The van der Waals surface area contributed by atoms with Crippen LogP contribution in [-0.2, 0) is 5.54 Å². The first-order valence-electron chi connectivity index (χ1n) is 5.49. The van der Waals surface area contributed by atoms with Crippen molar-refractivity contribution in [3.05, 3.63) is 40.0 Å². The molecule has 94 valence electrons. The molecule has 1 heterocycles. The maximum atomic E-state index is 13.4. The van der Waals surface area contributed by atoms with Crippen LogP contribution in [0.2, 0.25) is 10.0 Å². The van der Waals surface area contributed by atoms with Gasteiger partial charge >= 0.3 is 0 Å². The molecule has 0 aliphatic heterocycles. The van der Waals surface area contributed by atoms with Crippen molar-refractivity contribution in [1.29, 1.82) is 0 Å². The van der Waals surface area contributed by atoms with Gasteiger partial charge in [0.05, 0.1) is 27.5 Å². The normalized spacial score (nSPS) is 16.9. The van der Waals surface area contributed by atoms with E-state index < -0.39 is 5.82 Å². The molecular formula is C12H10Cl2FN3. The summed E-state index contributed by atoms with van der Waals surface area (Å²) in [5.74, 6) is 0.199. The van der Waals surface area contributed by atoms with Gasteiger partial charge in [0.25, 0.3) is 0 Å². The van der Waals surface area contributed by atoms with Gasteiger partial charge in [-0.1, -0.05) is 23.2 Å². The first-order chi connectivity index (χ1) is 8.49. The lowest BCUT2D eigenvalue weighted by molar-refractivity contribution is 0.628. The van der Waals surface area contributed by atoms with Gasteiger partial charge in [-0.05, 0) is 25.0 Å². The first kappa shape index (κ1) is 12.0. The van der Waals surface area contributed by atoms with Crippen LogP contribution in [0, 0.1) is 5.82 Å². The second-order valence-corrected chi connectivity index (χ2v) is 5.36. The number of hydrogen-bond donors (Lipinski definition) is 2. The van der Waals surface area contributed by atoms with Gasteiger partial charge in [-0.3, -0.25) is 0 Å². The molecular weight excluding hydrogens is 276 g/mol. The van der Waals surface area contributed by atoms with Crippen LogP contribution in [-0.4, -0.2) is 9.97 Å². The summed E-state index contributed by atoms with van der Waals surface area (Å²) >= 11 is 11.7. The number of imidazole rings is 1. The van der Waals surface area contributed by atoms with Crippen LogP contribution in [0.25, 0.3) is 11.3 Å². The average Bonchev–Trinajstić information content (AvgIpc) is 2.90. The number of rotatable bonds is 2. The van der Waals surface area contributed by atoms with E-state index >= 15 is 0 Å². The number of aromatic nitrogens is 2. The number of benzene rings is 1. The molecule has 1 fully saturated rings. The Kier molecular flexibility index (Phi) is 2.62. The lowest BCUT2D eigenvalue weighted by Gasteiger charge is -2.05. The molecule has 3 nitrogen and oxygen atoms in total. The molecule has 6 heteroatoms. The van der Waals surface area contributed by atoms with Crippen molar-refractivity contribution < 1.29 is 4.39 Å². The van der Waals surface area contributed by atoms with Gasteiger partial charge in [0.2, 0.25) is 0 Å². The van der Waals surface area contributed by atoms with Crippen LogP contribution in [0.4, 0.5) is 4.39 Å². The zero-order valence-corrected chi connectivity index (χ0v) is 10.8. The fourth-order valence-corrected chi connectivity index (χ4v) is 2.30. The van der Waals surface area contributed by atoms with Crippen molar-refractivity contribution >= 4 is 23.2 Å². The molecule has 1 saturated carbocycles. The van der Waals surface area contributed by atoms with E-state index in [0.717, 1.165) is 12.8 Å². The van der Waals surface area contributed by atoms with Crippen LogP contribution < -0.4 is 5.73 Å². The Morgan fingerprint density at radius 3 is 2.67 bits per heavy atom. The highest BCUT2D eigenvalue weighted by molar-refractivity contribution is 6.36. The van der Waals surface area contributed by atoms with Crippen LogP contribution >= 0.6 is 23.2 Å². The highest BCUT2D eigenvalue weighted by Crippen LogP contribution is 2.42. The van der Waals surface area contributed by atoms with Gasteiger partial charge in [-0.25, -0.2) is 9.37 Å². The predicted molar refractivity (Wildman–Crippen MR) is 69.1 cm³/mol. The van der Waals surface area contributed by atoms with Crippen molar-refractivity contribution in [3.8, 4) is 11.3 Å². The predicted octanol–water partition coefficient (Wildman–Crippen LogP) is 3.47. The molecule has 3 N–H and O–H groups in total. The standard InChI is InChI=1S/C12H10Cl2FN3/c13-7-4-8(14)9(15)3-6(7)10-5-17-11(18-10)12(16)1-2-12/h3-5H,1-2,16H2,(H,17,18). The third kappa shape index (κ3) is 1.90. The van der Waals surface area contributed by atoms with Gasteiger partial charge in [0.15, 0.2) is 0 Å². The Balaban J connectivity index is 2.04. The largest absolute Gasteiger partial charge is 0.340 e. The Bertz CT molecular complexity index is 620. The number of H-pyrrole nitrogens is 1. The molecule has 18 heavy (non-hydrogen) atoms. The fraction of sp³-hybridized carbons (Fsp3) is 0.250. The summed E-state index contributed by atoms with van der Waals surface area (Å²) in [5.41, 5.74) is 6.85. The summed E-state index contributed by atoms with van der Waals surface area (Å²) in [6.07, 6.45) is 3.42. The van der Waals surface area contributed by atoms with Crippen molar-refractivity contribution in [2.24, 2.45) is 5.73 Å². The van der Waals surface area contributed by atoms with Gasteiger partial charge in [-0.2, -0.15) is 0 Å². The van der Waals surface area contributed by atoms with Gasteiger partial charge in [0, 0.05) is 5.56 Å². The van der Waals surface area contributed by atoms with E-state index in [9.17, 15) is 4.39 Å². The van der Waals surface area contributed by atoms with E-state index in [1.807, 2.05) is 0 Å². The molecule has 1 aliphatic rings. The maximum absolute atomic E-state index is 13.4. The lowest BCUT2D eigenvalue weighted by Crippen LogP contribution is -2.20. The quantitative estimate of drug-likeness (QED) is 0.830. The molecule has 0 saturated heterocycles. The van der Waals surface area contributed by atoms with Crippen molar-refractivity contribution in [2.75, 3.05) is 0 Å². The molecule has 2 aromatic rings. The molecule has 1 aromatic heterocycles. The second kappa shape index (κ2) is 3.95. The van der Waals surface area contributed by atoms with Crippen molar-refractivity contribution in [2.45, 2.75) is 18.4 Å². The van der Waals surface area contributed by atoms with Crippen LogP contribution in [0.5, 0.6) is 0 Å². The fourth-order valence-electron chi connectivity index (χ4n) is 1.81. The van der Waals surface area contributed by atoms with E-state index in [1.54, 1.807) is 6.20 Å². The molecule has 3 rings (SSSR count). The Morgan fingerprint density at radius 1 is 1.28 bits per heavy atom. The molecule has 0 unspecified atom stereocenters.